The maximum absolute atomic E-state index is 13.1. The number of amides is 1. The van der Waals surface area contributed by atoms with Gasteiger partial charge in [-0.1, -0.05) is 6.07 Å². The smallest absolute Gasteiger partial charge is 0.230 e. The molecule has 2 aromatic carbocycles. The number of halogens is 1. The standard InChI is InChI=1S/C18H16FN3O3S2/c1-27(24,25)16-7-5-13(6-8-16)21-18-22-15(11-26-18)10-17(23)20-14-4-2-3-12(19)9-14/h2-9,11H,10H2,1H3,(H,20,23)(H,21,22). The zero-order chi connectivity index (χ0) is 19.4. The van der Waals surface area contributed by atoms with Gasteiger partial charge >= 0.3 is 0 Å². The fourth-order valence-electron chi connectivity index (χ4n) is 2.29. The normalized spacial score (nSPS) is 11.2. The summed E-state index contributed by atoms with van der Waals surface area (Å²) in [5.41, 5.74) is 1.65. The number of anilines is 3. The first-order chi connectivity index (χ1) is 12.8. The van der Waals surface area contributed by atoms with Crippen molar-refractivity contribution < 1.29 is 17.6 Å². The Balaban J connectivity index is 1.60. The van der Waals surface area contributed by atoms with Crippen LogP contribution in [0.4, 0.5) is 20.9 Å². The maximum Gasteiger partial charge on any atom is 0.230 e. The molecule has 0 fully saturated rings. The molecule has 6 nitrogen and oxygen atoms in total. The number of aromatic nitrogens is 1. The van der Waals surface area contributed by atoms with Crippen LogP contribution in [-0.4, -0.2) is 25.6 Å². The van der Waals surface area contributed by atoms with Crippen molar-refractivity contribution in [3.05, 3.63) is 65.4 Å². The van der Waals surface area contributed by atoms with Gasteiger partial charge < -0.3 is 10.6 Å². The third-order valence-electron chi connectivity index (χ3n) is 3.54. The third-order valence-corrected chi connectivity index (χ3v) is 5.47. The molecule has 27 heavy (non-hydrogen) atoms. The van der Waals surface area contributed by atoms with Crippen molar-refractivity contribution in [1.82, 2.24) is 4.98 Å². The third kappa shape index (κ3) is 5.35. The number of nitrogens with zero attached hydrogens (tertiary/aromatic N) is 1. The molecule has 1 amide bonds. The van der Waals surface area contributed by atoms with E-state index in [1.54, 1.807) is 23.6 Å². The van der Waals surface area contributed by atoms with Gasteiger partial charge in [0.1, 0.15) is 5.82 Å². The van der Waals surface area contributed by atoms with E-state index in [9.17, 15) is 17.6 Å². The van der Waals surface area contributed by atoms with Crippen LogP contribution in [0.15, 0.2) is 58.8 Å². The number of carbonyl (C=O) groups is 1. The van der Waals surface area contributed by atoms with E-state index in [1.165, 1.54) is 41.7 Å². The van der Waals surface area contributed by atoms with Crippen molar-refractivity contribution in [1.29, 1.82) is 0 Å². The molecule has 0 spiro atoms. The number of benzene rings is 2. The predicted molar refractivity (Wildman–Crippen MR) is 104 cm³/mol. The molecule has 0 aliphatic heterocycles. The molecule has 0 atom stereocenters. The van der Waals surface area contributed by atoms with E-state index in [4.69, 9.17) is 0 Å². The summed E-state index contributed by atoms with van der Waals surface area (Å²) in [5, 5.41) is 8.01. The first-order valence-electron chi connectivity index (χ1n) is 7.86. The number of carbonyl (C=O) groups excluding carboxylic acids is 1. The van der Waals surface area contributed by atoms with Crippen molar-refractivity contribution in [2.45, 2.75) is 11.3 Å². The lowest BCUT2D eigenvalue weighted by molar-refractivity contribution is -0.115. The Morgan fingerprint density at radius 2 is 1.89 bits per heavy atom. The lowest BCUT2D eigenvalue weighted by Gasteiger charge is -2.04. The SMILES string of the molecule is CS(=O)(=O)c1ccc(Nc2nc(CC(=O)Nc3cccc(F)c3)cs2)cc1. The molecule has 0 radical (unpaired) electrons. The van der Waals surface area contributed by atoms with Gasteiger partial charge in [-0.05, 0) is 42.5 Å². The lowest BCUT2D eigenvalue weighted by Crippen LogP contribution is -2.14. The monoisotopic (exact) mass is 405 g/mol. The summed E-state index contributed by atoms with van der Waals surface area (Å²) in [6.07, 6.45) is 1.21. The van der Waals surface area contributed by atoms with Crippen molar-refractivity contribution in [2.75, 3.05) is 16.9 Å². The van der Waals surface area contributed by atoms with Gasteiger partial charge in [0.25, 0.3) is 0 Å². The van der Waals surface area contributed by atoms with Gasteiger partial charge in [-0.25, -0.2) is 17.8 Å². The van der Waals surface area contributed by atoms with Crippen molar-refractivity contribution >= 4 is 43.6 Å². The molecular formula is C18H16FN3O3S2. The topological polar surface area (TPSA) is 88.2 Å². The van der Waals surface area contributed by atoms with Gasteiger partial charge in [0.15, 0.2) is 15.0 Å². The van der Waals surface area contributed by atoms with E-state index < -0.39 is 15.7 Å². The van der Waals surface area contributed by atoms with Gasteiger partial charge in [-0.3, -0.25) is 4.79 Å². The maximum atomic E-state index is 13.1. The quantitative estimate of drug-likeness (QED) is 0.654. The Hall–Kier alpha value is -2.78. The highest BCUT2D eigenvalue weighted by Crippen LogP contribution is 2.22. The van der Waals surface area contributed by atoms with Crippen LogP contribution in [0, 0.1) is 5.82 Å². The lowest BCUT2D eigenvalue weighted by atomic mass is 10.3. The van der Waals surface area contributed by atoms with Crippen LogP contribution in [0.2, 0.25) is 0 Å². The van der Waals surface area contributed by atoms with Gasteiger partial charge in [-0.2, -0.15) is 0 Å². The molecular weight excluding hydrogens is 389 g/mol. The highest BCUT2D eigenvalue weighted by atomic mass is 32.2. The van der Waals surface area contributed by atoms with E-state index in [2.05, 4.69) is 15.6 Å². The number of sulfone groups is 1. The Morgan fingerprint density at radius 1 is 1.15 bits per heavy atom. The molecule has 1 aromatic heterocycles. The molecule has 0 saturated carbocycles. The number of hydrogen-bond acceptors (Lipinski definition) is 6. The summed E-state index contributed by atoms with van der Waals surface area (Å²) < 4.78 is 36.1. The van der Waals surface area contributed by atoms with Gasteiger partial charge in [-0.15, -0.1) is 11.3 Å². The number of rotatable bonds is 6. The molecule has 9 heteroatoms. The van der Waals surface area contributed by atoms with Crippen LogP contribution in [0.3, 0.4) is 0 Å². The van der Waals surface area contributed by atoms with Crippen LogP contribution < -0.4 is 10.6 Å². The minimum Gasteiger partial charge on any atom is -0.332 e. The van der Waals surface area contributed by atoms with Crippen LogP contribution in [0.5, 0.6) is 0 Å². The van der Waals surface area contributed by atoms with E-state index in [0.717, 1.165) is 6.26 Å². The molecule has 0 aliphatic carbocycles. The number of hydrogen-bond donors (Lipinski definition) is 2. The Kier molecular flexibility index (Phi) is 5.52. The first-order valence-corrected chi connectivity index (χ1v) is 10.6. The first kappa shape index (κ1) is 19.0. The molecule has 0 unspecified atom stereocenters. The van der Waals surface area contributed by atoms with Crippen LogP contribution in [0.1, 0.15) is 5.69 Å². The Bertz CT molecular complexity index is 1060. The summed E-state index contributed by atoms with van der Waals surface area (Å²) in [6, 6.07) is 12.0. The largest absolute Gasteiger partial charge is 0.332 e. The van der Waals surface area contributed by atoms with Crippen molar-refractivity contribution in [2.24, 2.45) is 0 Å². The zero-order valence-electron chi connectivity index (χ0n) is 14.3. The van der Waals surface area contributed by atoms with E-state index >= 15 is 0 Å². The molecule has 1 heterocycles. The van der Waals surface area contributed by atoms with E-state index in [0.29, 0.717) is 22.2 Å². The summed E-state index contributed by atoms with van der Waals surface area (Å²) in [7, 11) is -3.24. The minimum absolute atomic E-state index is 0.0573. The molecule has 0 saturated heterocycles. The van der Waals surface area contributed by atoms with E-state index in [-0.39, 0.29) is 17.2 Å². The van der Waals surface area contributed by atoms with Gasteiger partial charge in [0, 0.05) is 23.0 Å². The zero-order valence-corrected chi connectivity index (χ0v) is 15.9. The summed E-state index contributed by atoms with van der Waals surface area (Å²) in [5.74, 6) is -0.718. The average Bonchev–Trinajstić information content (AvgIpc) is 3.01. The van der Waals surface area contributed by atoms with Gasteiger partial charge in [0.05, 0.1) is 17.0 Å². The number of thiazole rings is 1. The second-order valence-corrected chi connectivity index (χ2v) is 8.67. The molecule has 3 aromatic rings. The average molecular weight is 405 g/mol. The van der Waals surface area contributed by atoms with Crippen LogP contribution in [-0.2, 0) is 21.1 Å². The Labute approximate surface area is 160 Å². The summed E-state index contributed by atoms with van der Waals surface area (Å²) >= 11 is 1.32. The summed E-state index contributed by atoms with van der Waals surface area (Å²) in [4.78, 5) is 16.6. The fraction of sp³-hybridized carbons (Fsp3) is 0.111. The van der Waals surface area contributed by atoms with Crippen LogP contribution in [0.25, 0.3) is 0 Å². The summed E-state index contributed by atoms with van der Waals surface area (Å²) in [6.45, 7) is 0. The van der Waals surface area contributed by atoms with E-state index in [1.807, 2.05) is 0 Å². The molecule has 2 N–H and O–H groups in total. The molecule has 0 bridgehead atoms. The predicted octanol–water partition coefficient (Wildman–Crippen LogP) is 3.61. The fourth-order valence-corrected chi connectivity index (χ4v) is 3.65. The molecule has 140 valence electrons. The minimum atomic E-state index is -3.24. The Morgan fingerprint density at radius 3 is 2.56 bits per heavy atom. The molecule has 3 rings (SSSR count). The van der Waals surface area contributed by atoms with Crippen molar-refractivity contribution in [3.8, 4) is 0 Å². The second-order valence-electron chi connectivity index (χ2n) is 5.80. The number of nitrogens with one attached hydrogen (secondary N) is 2. The molecule has 0 aliphatic rings. The van der Waals surface area contributed by atoms with Crippen molar-refractivity contribution in [3.63, 3.8) is 0 Å². The van der Waals surface area contributed by atoms with Crippen LogP contribution >= 0.6 is 11.3 Å². The highest BCUT2D eigenvalue weighted by molar-refractivity contribution is 7.90. The highest BCUT2D eigenvalue weighted by Gasteiger charge is 2.10. The van der Waals surface area contributed by atoms with Gasteiger partial charge in [0.2, 0.25) is 5.91 Å². The second kappa shape index (κ2) is 7.85.